The van der Waals surface area contributed by atoms with Crippen LogP contribution in [0.4, 0.5) is 0 Å². The minimum absolute atomic E-state index is 0.00879. The van der Waals surface area contributed by atoms with E-state index < -0.39 is 10.0 Å². The maximum atomic E-state index is 12.7. The molecule has 0 aliphatic rings. The van der Waals surface area contributed by atoms with Crippen molar-refractivity contribution in [2.75, 3.05) is 14.2 Å². The molecule has 0 spiro atoms. The highest BCUT2D eigenvalue weighted by molar-refractivity contribution is 7.89. The van der Waals surface area contributed by atoms with E-state index in [-0.39, 0.29) is 17.2 Å². The van der Waals surface area contributed by atoms with Crippen molar-refractivity contribution < 1.29 is 22.3 Å². The number of methoxy groups -OCH3 is 2. The third-order valence-corrected chi connectivity index (χ3v) is 5.15. The highest BCUT2D eigenvalue weighted by atomic mass is 32.2. The molecule has 0 radical (unpaired) electrons. The second-order valence-electron chi connectivity index (χ2n) is 5.40. The molecular formula is C18H18N2O5S. The molecular weight excluding hydrogens is 356 g/mol. The predicted molar refractivity (Wildman–Crippen MR) is 95.5 cm³/mol. The first-order chi connectivity index (χ1) is 12.5. The summed E-state index contributed by atoms with van der Waals surface area (Å²) in [6, 6.07) is 10.0. The van der Waals surface area contributed by atoms with Crippen LogP contribution in [0.2, 0.25) is 0 Å². The topological polar surface area (TPSA) is 90.7 Å². The molecule has 8 heteroatoms. The van der Waals surface area contributed by atoms with Gasteiger partial charge in [0, 0.05) is 30.6 Å². The number of nitrogens with one attached hydrogen (secondary N) is 1. The van der Waals surface area contributed by atoms with Gasteiger partial charge in [-0.1, -0.05) is 0 Å². The zero-order valence-electron chi connectivity index (χ0n) is 14.3. The molecule has 0 amide bonds. The van der Waals surface area contributed by atoms with Gasteiger partial charge in [-0.3, -0.25) is 4.98 Å². The standard InChI is InChI=1S/C18H18N2O5S/c1-23-15-5-6-17(24-2)18(9-15)26(21,22)20-11-13-8-14(12-19-10-13)16-4-3-7-25-16/h3-10,12,20H,11H2,1-2H3. The SMILES string of the molecule is COc1ccc(OC)c(S(=O)(=O)NCc2cncc(-c3ccco3)c2)c1. The normalized spacial score (nSPS) is 11.3. The Balaban J connectivity index is 1.82. The van der Waals surface area contributed by atoms with E-state index in [2.05, 4.69) is 9.71 Å². The van der Waals surface area contributed by atoms with Gasteiger partial charge in [-0.05, 0) is 35.9 Å². The first kappa shape index (κ1) is 18.0. The summed E-state index contributed by atoms with van der Waals surface area (Å²) in [6.07, 6.45) is 4.82. The quantitative estimate of drug-likeness (QED) is 0.684. The average molecular weight is 374 g/mol. The fourth-order valence-electron chi connectivity index (χ4n) is 2.41. The predicted octanol–water partition coefficient (Wildman–Crippen LogP) is 2.84. The molecule has 1 N–H and O–H groups in total. The van der Waals surface area contributed by atoms with Gasteiger partial charge in [-0.15, -0.1) is 0 Å². The molecule has 0 aliphatic carbocycles. The van der Waals surface area contributed by atoms with Crippen molar-refractivity contribution in [2.24, 2.45) is 0 Å². The number of benzene rings is 1. The Labute approximate surface area is 151 Å². The summed E-state index contributed by atoms with van der Waals surface area (Å²) in [7, 11) is -0.923. The van der Waals surface area contributed by atoms with E-state index in [1.54, 1.807) is 36.9 Å². The van der Waals surface area contributed by atoms with Crippen LogP contribution in [-0.2, 0) is 16.6 Å². The maximum absolute atomic E-state index is 12.7. The number of nitrogens with zero attached hydrogens (tertiary/aromatic N) is 1. The van der Waals surface area contributed by atoms with Crippen molar-refractivity contribution in [3.8, 4) is 22.8 Å². The lowest BCUT2D eigenvalue weighted by atomic mass is 10.2. The molecule has 0 aliphatic heterocycles. The number of aromatic nitrogens is 1. The van der Waals surface area contributed by atoms with Crippen LogP contribution < -0.4 is 14.2 Å². The fraction of sp³-hybridized carbons (Fsp3) is 0.167. The van der Waals surface area contributed by atoms with Crippen LogP contribution in [0.5, 0.6) is 11.5 Å². The number of pyridine rings is 1. The molecule has 0 saturated carbocycles. The Bertz CT molecular complexity index is 985. The summed E-state index contributed by atoms with van der Waals surface area (Å²) < 4.78 is 43.5. The molecule has 1 aromatic carbocycles. The monoisotopic (exact) mass is 374 g/mol. The summed E-state index contributed by atoms with van der Waals surface area (Å²) >= 11 is 0. The molecule has 7 nitrogen and oxygen atoms in total. The highest BCUT2D eigenvalue weighted by Crippen LogP contribution is 2.28. The Morgan fingerprint density at radius 1 is 1.12 bits per heavy atom. The van der Waals surface area contributed by atoms with Crippen LogP contribution in [0.3, 0.4) is 0 Å². The lowest BCUT2D eigenvalue weighted by Gasteiger charge is -2.12. The molecule has 3 aromatic rings. The third kappa shape index (κ3) is 3.87. The van der Waals surface area contributed by atoms with Crippen molar-refractivity contribution in [1.29, 1.82) is 0 Å². The molecule has 0 saturated heterocycles. The Hall–Kier alpha value is -2.84. The van der Waals surface area contributed by atoms with Crippen LogP contribution in [0, 0.1) is 0 Å². The van der Waals surface area contributed by atoms with Gasteiger partial charge >= 0.3 is 0 Å². The summed E-state index contributed by atoms with van der Waals surface area (Å²) in [5.74, 6) is 1.32. The van der Waals surface area contributed by atoms with E-state index in [1.807, 2.05) is 12.1 Å². The van der Waals surface area contributed by atoms with Crippen LogP contribution in [0.15, 0.2) is 64.4 Å². The lowest BCUT2D eigenvalue weighted by molar-refractivity contribution is 0.392. The second-order valence-corrected chi connectivity index (χ2v) is 7.14. The second kappa shape index (κ2) is 7.59. The number of furan rings is 1. The van der Waals surface area contributed by atoms with Crippen LogP contribution in [0.25, 0.3) is 11.3 Å². The van der Waals surface area contributed by atoms with Crippen molar-refractivity contribution in [3.05, 3.63) is 60.6 Å². The minimum atomic E-state index is -3.81. The van der Waals surface area contributed by atoms with Crippen LogP contribution in [-0.4, -0.2) is 27.6 Å². The van der Waals surface area contributed by atoms with Gasteiger partial charge in [0.05, 0.1) is 20.5 Å². The molecule has 2 heterocycles. The van der Waals surface area contributed by atoms with E-state index in [0.717, 1.165) is 5.56 Å². The van der Waals surface area contributed by atoms with E-state index in [1.165, 1.54) is 20.3 Å². The average Bonchev–Trinajstić information content (AvgIpc) is 3.21. The van der Waals surface area contributed by atoms with Gasteiger partial charge in [-0.25, -0.2) is 13.1 Å². The smallest absolute Gasteiger partial charge is 0.244 e. The summed E-state index contributed by atoms with van der Waals surface area (Å²) in [4.78, 5) is 4.14. The number of ether oxygens (including phenoxy) is 2. The lowest BCUT2D eigenvalue weighted by Crippen LogP contribution is -2.24. The summed E-state index contributed by atoms with van der Waals surface area (Å²) in [6.45, 7) is 0.0737. The molecule has 136 valence electrons. The van der Waals surface area contributed by atoms with Crippen molar-refractivity contribution in [1.82, 2.24) is 9.71 Å². The molecule has 0 bridgehead atoms. The van der Waals surface area contributed by atoms with Gasteiger partial charge in [0.15, 0.2) is 0 Å². The largest absolute Gasteiger partial charge is 0.497 e. The molecule has 26 heavy (non-hydrogen) atoms. The number of rotatable bonds is 7. The van der Waals surface area contributed by atoms with Crippen LogP contribution in [0.1, 0.15) is 5.56 Å². The number of sulfonamides is 1. The minimum Gasteiger partial charge on any atom is -0.497 e. The third-order valence-electron chi connectivity index (χ3n) is 3.73. The Morgan fingerprint density at radius 2 is 1.96 bits per heavy atom. The first-order valence-corrected chi connectivity index (χ1v) is 9.21. The molecule has 0 atom stereocenters. The van der Waals surface area contributed by atoms with E-state index >= 15 is 0 Å². The Morgan fingerprint density at radius 3 is 2.65 bits per heavy atom. The highest BCUT2D eigenvalue weighted by Gasteiger charge is 2.20. The molecule has 2 aromatic heterocycles. The van der Waals surface area contributed by atoms with Crippen LogP contribution >= 0.6 is 0 Å². The van der Waals surface area contributed by atoms with Crippen molar-refractivity contribution >= 4 is 10.0 Å². The maximum Gasteiger partial charge on any atom is 0.244 e. The zero-order valence-corrected chi connectivity index (χ0v) is 15.1. The Kier molecular flexibility index (Phi) is 5.24. The molecule has 3 rings (SSSR count). The summed E-state index contributed by atoms with van der Waals surface area (Å²) in [5.41, 5.74) is 1.47. The number of hydrogen-bond acceptors (Lipinski definition) is 6. The van der Waals surface area contributed by atoms with E-state index in [4.69, 9.17) is 13.9 Å². The van der Waals surface area contributed by atoms with Crippen molar-refractivity contribution in [3.63, 3.8) is 0 Å². The van der Waals surface area contributed by atoms with Gasteiger partial charge in [-0.2, -0.15) is 0 Å². The van der Waals surface area contributed by atoms with Gasteiger partial charge in [0.25, 0.3) is 0 Å². The first-order valence-electron chi connectivity index (χ1n) is 7.73. The summed E-state index contributed by atoms with van der Waals surface area (Å²) in [5, 5.41) is 0. The molecule has 0 unspecified atom stereocenters. The van der Waals surface area contributed by atoms with Gasteiger partial charge in [0.2, 0.25) is 10.0 Å². The van der Waals surface area contributed by atoms with Gasteiger partial charge < -0.3 is 13.9 Å². The molecule has 0 fully saturated rings. The van der Waals surface area contributed by atoms with E-state index in [0.29, 0.717) is 17.1 Å². The van der Waals surface area contributed by atoms with Crippen molar-refractivity contribution in [2.45, 2.75) is 11.4 Å². The fourth-order valence-corrected chi connectivity index (χ4v) is 3.61. The van der Waals surface area contributed by atoms with E-state index in [9.17, 15) is 8.42 Å². The number of hydrogen-bond donors (Lipinski definition) is 1. The zero-order chi connectivity index (χ0) is 18.6. The van der Waals surface area contributed by atoms with Gasteiger partial charge in [0.1, 0.15) is 22.2 Å².